The summed E-state index contributed by atoms with van der Waals surface area (Å²) in [5, 5.41) is 0. The number of nitrogens with zero attached hydrogens (tertiary/aromatic N) is 3. The molecule has 0 radical (unpaired) electrons. The van der Waals surface area contributed by atoms with E-state index in [0.717, 1.165) is 57.7 Å². The smallest absolute Gasteiger partial charge is 0.255 e. The lowest BCUT2D eigenvalue weighted by Crippen LogP contribution is -2.60. The first kappa shape index (κ1) is 20.6. The Kier molecular flexibility index (Phi) is 6.57. The lowest BCUT2D eigenvalue weighted by molar-refractivity contribution is -0.130. The van der Waals surface area contributed by atoms with Crippen LogP contribution in [0.3, 0.4) is 0 Å². The molecule has 2 amide bonds. The van der Waals surface area contributed by atoms with Crippen molar-refractivity contribution >= 4 is 11.8 Å². The summed E-state index contributed by atoms with van der Waals surface area (Å²) in [4.78, 5) is 30.2. The second-order valence-electron chi connectivity index (χ2n) is 7.98. The molecule has 0 aromatic heterocycles. The Morgan fingerprint density at radius 3 is 2.82 bits per heavy atom. The van der Waals surface area contributed by atoms with Gasteiger partial charge in [-0.05, 0) is 44.5 Å². The predicted molar refractivity (Wildman–Crippen MR) is 108 cm³/mol. The fourth-order valence-corrected chi connectivity index (χ4v) is 4.39. The highest BCUT2D eigenvalue weighted by molar-refractivity contribution is 5.76. The molecule has 154 valence electrons. The van der Waals surface area contributed by atoms with Crippen LogP contribution >= 0.6 is 0 Å². The summed E-state index contributed by atoms with van der Waals surface area (Å²) in [6.45, 7) is 7.36. The molecule has 2 N–H and O–H groups in total. The summed E-state index contributed by atoms with van der Waals surface area (Å²) in [5.74, 6) is 0.471. The first-order valence-corrected chi connectivity index (χ1v) is 10.1. The molecule has 0 bridgehead atoms. The average Bonchev–Trinajstić information content (AvgIpc) is 2.83. The van der Waals surface area contributed by atoms with Crippen LogP contribution in [-0.4, -0.2) is 78.4 Å². The lowest BCUT2D eigenvalue weighted by Gasteiger charge is -2.49. The van der Waals surface area contributed by atoms with E-state index in [9.17, 15) is 9.59 Å². The van der Waals surface area contributed by atoms with E-state index in [-0.39, 0.29) is 18.1 Å². The van der Waals surface area contributed by atoms with Crippen molar-refractivity contribution < 1.29 is 14.3 Å². The van der Waals surface area contributed by atoms with E-state index < -0.39 is 5.91 Å². The number of primary amides is 1. The van der Waals surface area contributed by atoms with Crippen molar-refractivity contribution in [3.63, 3.8) is 0 Å². The van der Waals surface area contributed by atoms with Gasteiger partial charge < -0.3 is 15.4 Å². The number of piperazine rings is 1. The summed E-state index contributed by atoms with van der Waals surface area (Å²) >= 11 is 0. The van der Waals surface area contributed by atoms with Crippen molar-refractivity contribution in [3.05, 3.63) is 29.8 Å². The third kappa shape index (κ3) is 4.83. The van der Waals surface area contributed by atoms with Crippen molar-refractivity contribution in [2.45, 2.75) is 38.3 Å². The van der Waals surface area contributed by atoms with Gasteiger partial charge >= 0.3 is 0 Å². The van der Waals surface area contributed by atoms with E-state index in [0.29, 0.717) is 12.2 Å². The molecule has 2 heterocycles. The van der Waals surface area contributed by atoms with Crippen molar-refractivity contribution in [2.75, 3.05) is 46.4 Å². The molecular formula is C21H32N4O3. The molecule has 2 aliphatic heterocycles. The summed E-state index contributed by atoms with van der Waals surface area (Å²) in [6.07, 6.45) is 2.56. The maximum Gasteiger partial charge on any atom is 0.255 e. The molecule has 2 fully saturated rings. The average molecular weight is 389 g/mol. The molecule has 7 heteroatoms. The number of rotatable bonds is 6. The summed E-state index contributed by atoms with van der Waals surface area (Å²) in [5.41, 5.74) is 6.37. The molecule has 1 aromatic carbocycles. The molecule has 2 aliphatic rings. The monoisotopic (exact) mass is 388 g/mol. The molecular weight excluding hydrogens is 356 g/mol. The second-order valence-corrected chi connectivity index (χ2v) is 7.98. The summed E-state index contributed by atoms with van der Waals surface area (Å²) in [6, 6.07) is 7.84. The van der Waals surface area contributed by atoms with Gasteiger partial charge in [-0.3, -0.25) is 19.4 Å². The van der Waals surface area contributed by atoms with Crippen LogP contribution in [-0.2, 0) is 16.1 Å². The van der Waals surface area contributed by atoms with Gasteiger partial charge in [-0.2, -0.15) is 0 Å². The van der Waals surface area contributed by atoms with Gasteiger partial charge in [0.1, 0.15) is 5.75 Å². The van der Waals surface area contributed by atoms with Crippen LogP contribution in [0.1, 0.15) is 31.7 Å². The third-order valence-corrected chi connectivity index (χ3v) is 6.15. The minimum Gasteiger partial charge on any atom is -0.484 e. The van der Waals surface area contributed by atoms with Crippen molar-refractivity contribution in [2.24, 2.45) is 5.73 Å². The van der Waals surface area contributed by atoms with E-state index in [1.807, 2.05) is 23.1 Å². The Bertz CT molecular complexity index is 711. The number of carbonyl (C=O) groups is 2. The van der Waals surface area contributed by atoms with Crippen LogP contribution < -0.4 is 10.5 Å². The summed E-state index contributed by atoms with van der Waals surface area (Å²) in [7, 11) is 2.20. The molecule has 0 saturated carbocycles. The number of ether oxygens (including phenoxy) is 1. The maximum atomic E-state index is 12.3. The van der Waals surface area contributed by atoms with Gasteiger partial charge in [0.2, 0.25) is 5.91 Å². The molecule has 1 spiro atoms. The number of hydrogen-bond acceptors (Lipinski definition) is 5. The first-order valence-electron chi connectivity index (χ1n) is 10.1. The minimum absolute atomic E-state index is 0.0535. The Morgan fingerprint density at radius 1 is 1.25 bits per heavy atom. The molecule has 0 aliphatic carbocycles. The zero-order valence-electron chi connectivity index (χ0n) is 17.0. The zero-order chi connectivity index (χ0) is 20.1. The normalized spacial score (nSPS) is 24.4. The maximum absolute atomic E-state index is 12.3. The number of likely N-dealkylation sites (N-methyl/N-ethyl adjacent to an activating group) is 1. The zero-order valence-corrected chi connectivity index (χ0v) is 17.0. The van der Waals surface area contributed by atoms with Crippen LogP contribution in [0.15, 0.2) is 24.3 Å². The number of carbonyl (C=O) groups excluding carboxylic acids is 2. The van der Waals surface area contributed by atoms with Crippen LogP contribution in [0.25, 0.3) is 0 Å². The standard InChI is InChI=1S/C21H32N4O3/c1-3-25-10-9-21(8-7-20(25)27)16-24(12-11-23(21)2)14-17-5-4-6-18(13-17)28-15-19(22)26/h4-6,13H,3,7-12,14-16H2,1-2H3,(H2,22,26)/t21-/m0/s1. The van der Waals surface area contributed by atoms with Gasteiger partial charge in [0.25, 0.3) is 5.91 Å². The number of amides is 2. The second kappa shape index (κ2) is 8.92. The predicted octanol–water partition coefficient (Wildman–Crippen LogP) is 1.07. The van der Waals surface area contributed by atoms with Crippen LogP contribution in [0, 0.1) is 0 Å². The van der Waals surface area contributed by atoms with Crippen molar-refractivity contribution in [1.82, 2.24) is 14.7 Å². The van der Waals surface area contributed by atoms with Crippen molar-refractivity contribution in [1.29, 1.82) is 0 Å². The number of nitrogens with two attached hydrogens (primary N) is 1. The molecule has 1 atom stereocenters. The Hall–Kier alpha value is -2.12. The van der Waals surface area contributed by atoms with E-state index in [4.69, 9.17) is 10.5 Å². The van der Waals surface area contributed by atoms with E-state index >= 15 is 0 Å². The first-order chi connectivity index (χ1) is 13.4. The van der Waals surface area contributed by atoms with Gasteiger partial charge in [0.05, 0.1) is 0 Å². The van der Waals surface area contributed by atoms with Gasteiger partial charge in [-0.25, -0.2) is 0 Å². The SMILES string of the molecule is CCN1CC[C@@]2(CCC1=O)CN(Cc1cccc(OCC(N)=O)c1)CCN2C. The highest BCUT2D eigenvalue weighted by atomic mass is 16.5. The molecule has 1 aromatic rings. The Balaban J connectivity index is 1.67. The minimum atomic E-state index is -0.476. The highest BCUT2D eigenvalue weighted by Crippen LogP contribution is 2.32. The molecule has 7 nitrogen and oxygen atoms in total. The van der Waals surface area contributed by atoms with Gasteiger partial charge in [-0.15, -0.1) is 0 Å². The van der Waals surface area contributed by atoms with Gasteiger partial charge in [-0.1, -0.05) is 12.1 Å². The third-order valence-electron chi connectivity index (χ3n) is 6.15. The van der Waals surface area contributed by atoms with E-state index in [1.165, 1.54) is 0 Å². The molecule has 3 rings (SSSR count). The number of benzene rings is 1. The quantitative estimate of drug-likeness (QED) is 0.789. The Morgan fingerprint density at radius 2 is 2.07 bits per heavy atom. The van der Waals surface area contributed by atoms with Crippen LogP contribution in [0.5, 0.6) is 5.75 Å². The largest absolute Gasteiger partial charge is 0.484 e. The van der Waals surface area contributed by atoms with Crippen LogP contribution in [0.4, 0.5) is 0 Å². The topological polar surface area (TPSA) is 79.1 Å². The van der Waals surface area contributed by atoms with Crippen LogP contribution in [0.2, 0.25) is 0 Å². The highest BCUT2D eigenvalue weighted by Gasteiger charge is 2.41. The fraction of sp³-hybridized carbons (Fsp3) is 0.619. The van der Waals surface area contributed by atoms with E-state index in [1.54, 1.807) is 0 Å². The lowest BCUT2D eigenvalue weighted by atomic mass is 9.86. The van der Waals surface area contributed by atoms with Crippen molar-refractivity contribution in [3.8, 4) is 5.75 Å². The summed E-state index contributed by atoms with van der Waals surface area (Å²) < 4.78 is 5.43. The molecule has 0 unspecified atom stereocenters. The van der Waals surface area contributed by atoms with Gasteiger partial charge in [0, 0.05) is 51.2 Å². The fourth-order valence-electron chi connectivity index (χ4n) is 4.39. The molecule has 2 saturated heterocycles. The number of hydrogen-bond donors (Lipinski definition) is 1. The molecule has 28 heavy (non-hydrogen) atoms. The van der Waals surface area contributed by atoms with Gasteiger partial charge in [0.15, 0.2) is 6.61 Å². The van der Waals surface area contributed by atoms with E-state index in [2.05, 4.69) is 29.8 Å². The number of likely N-dealkylation sites (tertiary alicyclic amines) is 1. The Labute approximate surface area is 167 Å².